The van der Waals surface area contributed by atoms with Crippen molar-refractivity contribution < 1.29 is 10.0 Å². The molecular formula is C14H19ClN2O3. The van der Waals surface area contributed by atoms with Crippen molar-refractivity contribution in [3.05, 3.63) is 33.3 Å². The Bertz CT molecular complexity index is 475. The Balaban J connectivity index is 2.38. The second kappa shape index (κ2) is 6.90. The highest BCUT2D eigenvalue weighted by molar-refractivity contribution is 6.33. The minimum atomic E-state index is -0.440. The first-order valence-corrected chi connectivity index (χ1v) is 7.33. The van der Waals surface area contributed by atoms with Gasteiger partial charge in [-0.25, -0.2) is 0 Å². The summed E-state index contributed by atoms with van der Waals surface area (Å²) in [5.41, 5.74) is 0.455. The molecule has 0 saturated heterocycles. The van der Waals surface area contributed by atoms with E-state index in [9.17, 15) is 15.2 Å². The lowest BCUT2D eigenvalue weighted by Gasteiger charge is -2.35. The highest BCUT2D eigenvalue weighted by Crippen LogP contribution is 2.37. The van der Waals surface area contributed by atoms with Crippen LogP contribution in [0.4, 0.5) is 11.4 Å². The van der Waals surface area contributed by atoms with Gasteiger partial charge in [0.05, 0.1) is 11.5 Å². The van der Waals surface area contributed by atoms with E-state index in [0.29, 0.717) is 12.2 Å². The number of aliphatic hydroxyl groups is 1. The van der Waals surface area contributed by atoms with E-state index in [1.165, 1.54) is 12.5 Å². The molecule has 0 aliphatic heterocycles. The van der Waals surface area contributed by atoms with E-state index in [1.807, 2.05) is 4.90 Å². The van der Waals surface area contributed by atoms with Crippen molar-refractivity contribution in [2.24, 2.45) is 0 Å². The van der Waals surface area contributed by atoms with Gasteiger partial charge in [-0.2, -0.15) is 0 Å². The van der Waals surface area contributed by atoms with E-state index in [-0.39, 0.29) is 23.4 Å². The van der Waals surface area contributed by atoms with Crippen LogP contribution in [0.1, 0.15) is 32.1 Å². The van der Waals surface area contributed by atoms with Crippen molar-refractivity contribution >= 4 is 23.0 Å². The van der Waals surface area contributed by atoms with Crippen molar-refractivity contribution in [3.8, 4) is 0 Å². The minimum Gasteiger partial charge on any atom is -0.395 e. The smallest absolute Gasteiger partial charge is 0.310 e. The second-order valence-electron chi connectivity index (χ2n) is 5.07. The molecule has 0 heterocycles. The first-order chi connectivity index (χ1) is 9.65. The molecule has 0 bridgehead atoms. The van der Waals surface area contributed by atoms with Crippen LogP contribution >= 0.6 is 11.6 Å². The molecule has 1 fully saturated rings. The van der Waals surface area contributed by atoms with Crippen LogP contribution in [0.5, 0.6) is 0 Å². The van der Waals surface area contributed by atoms with E-state index < -0.39 is 4.92 Å². The summed E-state index contributed by atoms with van der Waals surface area (Å²) in [6, 6.07) is 5.21. The lowest BCUT2D eigenvalue weighted by molar-refractivity contribution is -0.384. The van der Waals surface area contributed by atoms with Gasteiger partial charge in [-0.05, 0) is 25.0 Å². The Hall–Kier alpha value is -1.33. The van der Waals surface area contributed by atoms with Crippen molar-refractivity contribution in [1.29, 1.82) is 0 Å². The summed E-state index contributed by atoms with van der Waals surface area (Å²) in [7, 11) is 0. The molecular weight excluding hydrogens is 280 g/mol. The third kappa shape index (κ3) is 3.22. The van der Waals surface area contributed by atoms with Gasteiger partial charge in [0.2, 0.25) is 0 Å². The van der Waals surface area contributed by atoms with Crippen LogP contribution in [0.3, 0.4) is 0 Å². The number of benzene rings is 1. The summed E-state index contributed by atoms with van der Waals surface area (Å²) in [5.74, 6) is 0. The van der Waals surface area contributed by atoms with Crippen LogP contribution in [-0.4, -0.2) is 29.2 Å². The number of anilines is 1. The Kier molecular flexibility index (Phi) is 5.20. The number of nitro benzene ring substituents is 1. The van der Waals surface area contributed by atoms with Crippen LogP contribution in [0.2, 0.25) is 5.02 Å². The van der Waals surface area contributed by atoms with Gasteiger partial charge in [0, 0.05) is 12.6 Å². The molecule has 1 N–H and O–H groups in total. The van der Waals surface area contributed by atoms with Gasteiger partial charge < -0.3 is 10.0 Å². The molecule has 2 rings (SSSR count). The van der Waals surface area contributed by atoms with Crippen molar-refractivity contribution in [3.63, 3.8) is 0 Å². The van der Waals surface area contributed by atoms with E-state index in [0.717, 1.165) is 25.7 Å². The number of hydrogen-bond donors (Lipinski definition) is 1. The van der Waals surface area contributed by atoms with Crippen LogP contribution in [0, 0.1) is 10.1 Å². The molecule has 1 aromatic carbocycles. The Morgan fingerprint density at radius 2 is 2.05 bits per heavy atom. The van der Waals surface area contributed by atoms with Gasteiger partial charge in [-0.1, -0.05) is 36.9 Å². The number of para-hydroxylation sites is 1. The molecule has 110 valence electrons. The highest BCUT2D eigenvalue weighted by Gasteiger charge is 2.28. The summed E-state index contributed by atoms with van der Waals surface area (Å²) in [6.07, 6.45) is 5.47. The van der Waals surface area contributed by atoms with Crippen LogP contribution in [0.15, 0.2) is 18.2 Å². The van der Waals surface area contributed by atoms with E-state index >= 15 is 0 Å². The molecule has 0 radical (unpaired) electrons. The molecule has 1 aliphatic carbocycles. The van der Waals surface area contributed by atoms with Crippen molar-refractivity contribution in [2.75, 3.05) is 18.1 Å². The van der Waals surface area contributed by atoms with Crippen LogP contribution in [0.25, 0.3) is 0 Å². The maximum Gasteiger partial charge on any atom is 0.310 e. The number of nitro groups is 1. The molecule has 0 unspecified atom stereocenters. The Morgan fingerprint density at radius 1 is 1.35 bits per heavy atom. The van der Waals surface area contributed by atoms with Crippen molar-refractivity contribution in [1.82, 2.24) is 0 Å². The molecule has 0 amide bonds. The van der Waals surface area contributed by atoms with E-state index in [4.69, 9.17) is 11.6 Å². The number of hydrogen-bond acceptors (Lipinski definition) is 4. The zero-order chi connectivity index (χ0) is 14.5. The quantitative estimate of drug-likeness (QED) is 0.668. The maximum absolute atomic E-state index is 11.3. The van der Waals surface area contributed by atoms with Gasteiger partial charge >= 0.3 is 5.69 Å². The molecule has 1 aliphatic rings. The fourth-order valence-electron chi connectivity index (χ4n) is 2.92. The predicted octanol–water partition coefficient (Wildman–Crippen LogP) is 3.38. The topological polar surface area (TPSA) is 66.6 Å². The Labute approximate surface area is 123 Å². The number of rotatable bonds is 5. The normalized spacial score (nSPS) is 16.1. The molecule has 1 saturated carbocycles. The zero-order valence-electron chi connectivity index (χ0n) is 11.3. The summed E-state index contributed by atoms with van der Waals surface area (Å²) in [4.78, 5) is 12.8. The fourth-order valence-corrected chi connectivity index (χ4v) is 3.16. The number of aliphatic hydroxyl groups excluding tert-OH is 1. The van der Waals surface area contributed by atoms with Crippen LogP contribution in [-0.2, 0) is 0 Å². The standard InChI is InChI=1S/C14H19ClN2O3/c15-12-7-4-8-13(14(12)17(19)20)16(9-10-18)11-5-2-1-3-6-11/h4,7-8,11,18H,1-3,5-6,9-10H2. The third-order valence-corrected chi connectivity index (χ3v) is 4.12. The summed E-state index contributed by atoms with van der Waals surface area (Å²) in [6.45, 7) is 0.367. The van der Waals surface area contributed by atoms with Gasteiger partial charge in [-0.15, -0.1) is 0 Å². The monoisotopic (exact) mass is 298 g/mol. The van der Waals surface area contributed by atoms with Crippen molar-refractivity contribution in [2.45, 2.75) is 38.1 Å². The molecule has 0 aromatic heterocycles. The van der Waals surface area contributed by atoms with Gasteiger partial charge in [0.15, 0.2) is 0 Å². The summed E-state index contributed by atoms with van der Waals surface area (Å²) in [5, 5.41) is 20.7. The predicted molar refractivity (Wildman–Crippen MR) is 79.4 cm³/mol. The fraction of sp³-hybridized carbons (Fsp3) is 0.571. The van der Waals surface area contributed by atoms with E-state index in [1.54, 1.807) is 12.1 Å². The second-order valence-corrected chi connectivity index (χ2v) is 5.48. The number of nitrogens with zero attached hydrogens (tertiary/aromatic N) is 2. The molecule has 0 spiro atoms. The molecule has 20 heavy (non-hydrogen) atoms. The largest absolute Gasteiger partial charge is 0.395 e. The average molecular weight is 299 g/mol. The Morgan fingerprint density at radius 3 is 2.65 bits per heavy atom. The van der Waals surface area contributed by atoms with Gasteiger partial charge in [0.1, 0.15) is 10.7 Å². The lowest BCUT2D eigenvalue weighted by atomic mass is 9.93. The first-order valence-electron chi connectivity index (χ1n) is 6.95. The maximum atomic E-state index is 11.3. The summed E-state index contributed by atoms with van der Waals surface area (Å²) >= 11 is 5.98. The molecule has 1 aromatic rings. The molecule has 6 heteroatoms. The van der Waals surface area contributed by atoms with E-state index in [2.05, 4.69) is 0 Å². The average Bonchev–Trinajstić information content (AvgIpc) is 2.45. The molecule has 0 atom stereocenters. The zero-order valence-corrected chi connectivity index (χ0v) is 12.1. The SMILES string of the molecule is O=[N+]([O-])c1c(Cl)cccc1N(CCO)C1CCCCC1. The third-order valence-electron chi connectivity index (χ3n) is 3.81. The van der Waals surface area contributed by atoms with Gasteiger partial charge in [0.25, 0.3) is 0 Å². The summed E-state index contributed by atoms with van der Waals surface area (Å²) < 4.78 is 0. The first kappa shape index (κ1) is 15.1. The molecule has 5 nitrogen and oxygen atoms in total. The highest BCUT2D eigenvalue weighted by atomic mass is 35.5. The van der Waals surface area contributed by atoms with Crippen LogP contribution < -0.4 is 4.90 Å². The van der Waals surface area contributed by atoms with Gasteiger partial charge in [-0.3, -0.25) is 10.1 Å². The lowest BCUT2D eigenvalue weighted by Crippen LogP contribution is -2.39. The minimum absolute atomic E-state index is 0.0276. The number of halogens is 1.